The molecule has 0 atom stereocenters. The third-order valence-electron chi connectivity index (χ3n) is 2.60. The molecule has 0 bridgehead atoms. The number of hydrogen-bond donors (Lipinski definition) is 1. The molecule has 0 aliphatic carbocycles. The van der Waals surface area contributed by atoms with Gasteiger partial charge in [0.2, 0.25) is 0 Å². The van der Waals surface area contributed by atoms with Crippen LogP contribution < -0.4 is 5.32 Å². The summed E-state index contributed by atoms with van der Waals surface area (Å²) < 4.78 is 0. The second-order valence-electron chi connectivity index (χ2n) is 5.43. The van der Waals surface area contributed by atoms with E-state index in [2.05, 4.69) is 63.9 Å². The predicted molar refractivity (Wildman–Crippen MR) is 73.1 cm³/mol. The predicted octanol–water partition coefficient (Wildman–Crippen LogP) is 4.36. The van der Waals surface area contributed by atoms with Gasteiger partial charge in [-0.3, -0.25) is 0 Å². The SMILES string of the molecule is C=C(C)CCNc1ccccc1C(C)(C)C. The van der Waals surface area contributed by atoms with Crippen LogP contribution in [0.4, 0.5) is 5.69 Å². The molecule has 0 radical (unpaired) electrons. The molecule has 1 heteroatoms. The number of hydrogen-bond acceptors (Lipinski definition) is 1. The van der Waals surface area contributed by atoms with Gasteiger partial charge in [0, 0.05) is 12.2 Å². The van der Waals surface area contributed by atoms with Crippen LogP contribution in [-0.4, -0.2) is 6.54 Å². The lowest BCUT2D eigenvalue weighted by Crippen LogP contribution is -2.15. The van der Waals surface area contributed by atoms with Crippen molar-refractivity contribution in [1.82, 2.24) is 0 Å². The van der Waals surface area contributed by atoms with Gasteiger partial charge in [0.25, 0.3) is 0 Å². The maximum atomic E-state index is 3.92. The summed E-state index contributed by atoms with van der Waals surface area (Å²) in [7, 11) is 0. The van der Waals surface area contributed by atoms with Gasteiger partial charge in [0.1, 0.15) is 0 Å². The Morgan fingerprint density at radius 1 is 1.25 bits per heavy atom. The van der Waals surface area contributed by atoms with Crippen LogP contribution in [0.25, 0.3) is 0 Å². The molecule has 0 saturated heterocycles. The Kier molecular flexibility index (Phi) is 4.17. The van der Waals surface area contributed by atoms with E-state index in [1.54, 1.807) is 0 Å². The van der Waals surface area contributed by atoms with E-state index < -0.39 is 0 Å². The van der Waals surface area contributed by atoms with Gasteiger partial charge in [-0.1, -0.05) is 44.5 Å². The van der Waals surface area contributed by atoms with Crippen molar-refractivity contribution in [2.45, 2.75) is 39.5 Å². The van der Waals surface area contributed by atoms with Gasteiger partial charge in [-0.05, 0) is 30.4 Å². The van der Waals surface area contributed by atoms with Crippen LogP contribution in [0.1, 0.15) is 39.7 Å². The highest BCUT2D eigenvalue weighted by atomic mass is 14.9. The Bertz CT molecular complexity index is 358. The topological polar surface area (TPSA) is 12.0 Å². The standard InChI is InChI=1S/C15H23N/c1-12(2)10-11-16-14-9-7-6-8-13(14)15(3,4)5/h6-9,16H,1,10-11H2,2-5H3. The monoisotopic (exact) mass is 217 g/mol. The Hall–Kier alpha value is -1.24. The van der Waals surface area contributed by atoms with Crippen LogP contribution in [0.2, 0.25) is 0 Å². The van der Waals surface area contributed by atoms with Crippen molar-refractivity contribution in [3.8, 4) is 0 Å². The maximum Gasteiger partial charge on any atom is 0.0378 e. The zero-order valence-electron chi connectivity index (χ0n) is 10.9. The zero-order chi connectivity index (χ0) is 12.2. The number of para-hydroxylation sites is 1. The first-order valence-electron chi connectivity index (χ1n) is 5.89. The average molecular weight is 217 g/mol. The first kappa shape index (κ1) is 12.8. The molecule has 0 aromatic heterocycles. The Morgan fingerprint density at radius 2 is 1.88 bits per heavy atom. The van der Waals surface area contributed by atoms with Crippen LogP contribution in [0.5, 0.6) is 0 Å². The van der Waals surface area contributed by atoms with Crippen molar-refractivity contribution in [3.63, 3.8) is 0 Å². The molecule has 0 saturated carbocycles. The Labute approximate surface area is 99.6 Å². The minimum absolute atomic E-state index is 0.187. The summed E-state index contributed by atoms with van der Waals surface area (Å²) in [4.78, 5) is 0. The van der Waals surface area contributed by atoms with E-state index in [4.69, 9.17) is 0 Å². The van der Waals surface area contributed by atoms with Crippen LogP contribution in [0, 0.1) is 0 Å². The van der Waals surface area contributed by atoms with Gasteiger partial charge in [-0.15, -0.1) is 6.58 Å². The molecule has 0 aliphatic heterocycles. The number of rotatable bonds is 4. The van der Waals surface area contributed by atoms with Crippen LogP contribution in [0.15, 0.2) is 36.4 Å². The van der Waals surface area contributed by atoms with E-state index in [0.29, 0.717) is 0 Å². The van der Waals surface area contributed by atoms with Crippen molar-refractivity contribution in [1.29, 1.82) is 0 Å². The lowest BCUT2D eigenvalue weighted by Gasteiger charge is -2.23. The van der Waals surface area contributed by atoms with Crippen molar-refractivity contribution >= 4 is 5.69 Å². The first-order valence-corrected chi connectivity index (χ1v) is 5.89. The highest BCUT2D eigenvalue weighted by Crippen LogP contribution is 2.29. The number of nitrogens with one attached hydrogen (secondary N) is 1. The summed E-state index contributed by atoms with van der Waals surface area (Å²) in [5, 5.41) is 3.49. The molecule has 0 amide bonds. The van der Waals surface area contributed by atoms with Crippen molar-refractivity contribution < 1.29 is 0 Å². The fourth-order valence-electron chi connectivity index (χ4n) is 1.70. The number of benzene rings is 1. The molecule has 0 fully saturated rings. The largest absolute Gasteiger partial charge is 0.384 e. The summed E-state index contributed by atoms with van der Waals surface area (Å²) in [5.41, 5.74) is 4.03. The quantitative estimate of drug-likeness (QED) is 0.739. The van der Waals surface area contributed by atoms with Crippen molar-refractivity contribution in [2.24, 2.45) is 0 Å². The van der Waals surface area contributed by atoms with Crippen LogP contribution in [0.3, 0.4) is 0 Å². The smallest absolute Gasteiger partial charge is 0.0378 e. The molecule has 1 rings (SSSR count). The molecule has 1 aromatic rings. The maximum absolute atomic E-state index is 3.92. The summed E-state index contributed by atoms with van der Waals surface area (Å²) in [6, 6.07) is 8.53. The van der Waals surface area contributed by atoms with Crippen LogP contribution in [-0.2, 0) is 5.41 Å². The highest BCUT2D eigenvalue weighted by Gasteiger charge is 2.16. The third kappa shape index (κ3) is 3.73. The molecule has 1 aromatic carbocycles. The van der Waals surface area contributed by atoms with E-state index in [1.807, 2.05) is 0 Å². The third-order valence-corrected chi connectivity index (χ3v) is 2.60. The summed E-state index contributed by atoms with van der Waals surface area (Å²) in [5.74, 6) is 0. The second kappa shape index (κ2) is 5.20. The van der Waals surface area contributed by atoms with Gasteiger partial charge >= 0.3 is 0 Å². The van der Waals surface area contributed by atoms with Gasteiger partial charge in [0.15, 0.2) is 0 Å². The number of anilines is 1. The second-order valence-corrected chi connectivity index (χ2v) is 5.43. The molecule has 0 aliphatic rings. The molecule has 0 spiro atoms. The molecule has 1 nitrogen and oxygen atoms in total. The minimum Gasteiger partial charge on any atom is -0.384 e. The highest BCUT2D eigenvalue weighted by molar-refractivity contribution is 5.54. The van der Waals surface area contributed by atoms with Crippen molar-refractivity contribution in [3.05, 3.63) is 42.0 Å². The lowest BCUT2D eigenvalue weighted by atomic mass is 9.86. The van der Waals surface area contributed by atoms with Gasteiger partial charge in [0.05, 0.1) is 0 Å². The van der Waals surface area contributed by atoms with Crippen LogP contribution >= 0.6 is 0 Å². The molecular weight excluding hydrogens is 194 g/mol. The molecular formula is C15H23N. The average Bonchev–Trinajstić information content (AvgIpc) is 2.16. The normalized spacial score (nSPS) is 11.2. The van der Waals surface area contributed by atoms with Gasteiger partial charge < -0.3 is 5.32 Å². The Morgan fingerprint density at radius 3 is 2.44 bits per heavy atom. The first-order chi connectivity index (χ1) is 7.41. The van der Waals surface area contributed by atoms with E-state index in [1.165, 1.54) is 16.8 Å². The van der Waals surface area contributed by atoms with E-state index in [0.717, 1.165) is 13.0 Å². The summed E-state index contributed by atoms with van der Waals surface area (Å²) in [6.07, 6.45) is 1.03. The van der Waals surface area contributed by atoms with Gasteiger partial charge in [-0.25, -0.2) is 0 Å². The summed E-state index contributed by atoms with van der Waals surface area (Å²) >= 11 is 0. The molecule has 0 unspecified atom stereocenters. The molecule has 1 N–H and O–H groups in total. The van der Waals surface area contributed by atoms with E-state index in [9.17, 15) is 0 Å². The van der Waals surface area contributed by atoms with Crippen molar-refractivity contribution in [2.75, 3.05) is 11.9 Å². The molecule has 0 heterocycles. The zero-order valence-corrected chi connectivity index (χ0v) is 10.9. The lowest BCUT2D eigenvalue weighted by molar-refractivity contribution is 0.591. The molecule has 88 valence electrons. The fraction of sp³-hybridized carbons (Fsp3) is 0.467. The van der Waals surface area contributed by atoms with E-state index >= 15 is 0 Å². The summed E-state index contributed by atoms with van der Waals surface area (Å²) in [6.45, 7) is 13.7. The molecule has 16 heavy (non-hydrogen) atoms. The Balaban J connectivity index is 2.76. The minimum atomic E-state index is 0.187. The van der Waals surface area contributed by atoms with Gasteiger partial charge in [-0.2, -0.15) is 0 Å². The van der Waals surface area contributed by atoms with E-state index in [-0.39, 0.29) is 5.41 Å². The fourth-order valence-corrected chi connectivity index (χ4v) is 1.70.